The molecule has 0 heterocycles. The van der Waals surface area contributed by atoms with Crippen LogP contribution < -0.4 is 10.1 Å². The van der Waals surface area contributed by atoms with Gasteiger partial charge in [0.1, 0.15) is 11.8 Å². The van der Waals surface area contributed by atoms with Gasteiger partial charge in [-0.15, -0.1) is 0 Å². The first-order chi connectivity index (χ1) is 17.9. The van der Waals surface area contributed by atoms with Crippen molar-refractivity contribution in [2.45, 2.75) is 72.0 Å². The second kappa shape index (κ2) is 13.1. The average Bonchev–Trinajstić information content (AvgIpc) is 2.84. The van der Waals surface area contributed by atoms with Gasteiger partial charge in [-0.05, 0) is 78.4 Å². The first-order valence-corrected chi connectivity index (χ1v) is 13.9. The van der Waals surface area contributed by atoms with Crippen molar-refractivity contribution >= 4 is 27.7 Å². The first-order valence-electron chi connectivity index (χ1n) is 13.1. The minimum atomic E-state index is -0.708. The van der Waals surface area contributed by atoms with Gasteiger partial charge in [0, 0.05) is 18.5 Å². The molecule has 3 aromatic rings. The van der Waals surface area contributed by atoms with Gasteiger partial charge < -0.3 is 15.0 Å². The molecule has 38 heavy (non-hydrogen) atoms. The van der Waals surface area contributed by atoms with Crippen LogP contribution in [0.25, 0.3) is 0 Å². The summed E-state index contributed by atoms with van der Waals surface area (Å²) in [7, 11) is 0. The summed E-state index contributed by atoms with van der Waals surface area (Å²) in [4.78, 5) is 29.1. The van der Waals surface area contributed by atoms with Gasteiger partial charge in [-0.2, -0.15) is 0 Å². The van der Waals surface area contributed by atoms with E-state index in [9.17, 15) is 9.59 Å². The summed E-state index contributed by atoms with van der Waals surface area (Å²) in [5.74, 6) is 0.532. The molecule has 0 saturated carbocycles. The Morgan fingerprint density at radius 3 is 2.24 bits per heavy atom. The van der Waals surface area contributed by atoms with Crippen LogP contribution in [0.1, 0.15) is 62.8 Å². The summed E-state index contributed by atoms with van der Waals surface area (Å²) in [5.41, 5.74) is 3.78. The van der Waals surface area contributed by atoms with Crippen molar-refractivity contribution in [3.63, 3.8) is 0 Å². The maximum atomic E-state index is 13.8. The van der Waals surface area contributed by atoms with Crippen LogP contribution in [0.2, 0.25) is 0 Å². The SMILES string of the molecule is Cc1cccc(CN(C(=O)COc2ccc(C(C)C)cc2Br)C(Cc2ccccc2)C(=O)NC(C)(C)C)c1. The monoisotopic (exact) mass is 578 g/mol. The molecule has 0 spiro atoms. The minimum absolute atomic E-state index is 0.181. The topological polar surface area (TPSA) is 58.6 Å². The molecule has 0 aromatic heterocycles. The number of hydrogen-bond donors (Lipinski definition) is 1. The number of carbonyl (C=O) groups is 2. The molecule has 0 bridgehead atoms. The summed E-state index contributed by atoms with van der Waals surface area (Å²) < 4.78 is 6.79. The smallest absolute Gasteiger partial charge is 0.261 e. The molecule has 202 valence electrons. The highest BCUT2D eigenvalue weighted by atomic mass is 79.9. The molecular weight excluding hydrogens is 540 g/mol. The molecule has 1 atom stereocenters. The van der Waals surface area contributed by atoms with Crippen LogP contribution in [-0.2, 0) is 22.6 Å². The van der Waals surface area contributed by atoms with E-state index < -0.39 is 11.6 Å². The Kier molecular flexibility index (Phi) is 10.1. The number of hydrogen-bond acceptors (Lipinski definition) is 3. The zero-order chi connectivity index (χ0) is 27.9. The van der Waals surface area contributed by atoms with Crippen LogP contribution in [0.4, 0.5) is 0 Å². The summed E-state index contributed by atoms with van der Waals surface area (Å²) in [6, 6.07) is 23.0. The maximum Gasteiger partial charge on any atom is 0.261 e. The molecule has 0 radical (unpaired) electrons. The Morgan fingerprint density at radius 1 is 0.947 bits per heavy atom. The van der Waals surface area contributed by atoms with E-state index in [1.165, 1.54) is 5.56 Å². The number of amides is 2. The lowest BCUT2D eigenvalue weighted by molar-refractivity contribution is -0.143. The molecule has 2 amide bonds. The highest BCUT2D eigenvalue weighted by molar-refractivity contribution is 9.10. The van der Waals surface area contributed by atoms with E-state index >= 15 is 0 Å². The van der Waals surface area contributed by atoms with Crippen LogP contribution in [-0.4, -0.2) is 34.9 Å². The predicted molar refractivity (Wildman–Crippen MR) is 157 cm³/mol. The van der Waals surface area contributed by atoms with Gasteiger partial charge in [0.25, 0.3) is 5.91 Å². The molecule has 0 saturated heterocycles. The Bertz CT molecular complexity index is 1230. The summed E-state index contributed by atoms with van der Waals surface area (Å²) in [6.07, 6.45) is 0.396. The van der Waals surface area contributed by atoms with Gasteiger partial charge in [0.15, 0.2) is 6.61 Å². The minimum Gasteiger partial charge on any atom is -0.483 e. The number of nitrogens with zero attached hydrogens (tertiary/aromatic N) is 1. The van der Waals surface area contributed by atoms with Gasteiger partial charge in [0.2, 0.25) is 5.91 Å². The van der Waals surface area contributed by atoms with Crippen LogP contribution in [0.15, 0.2) is 77.3 Å². The van der Waals surface area contributed by atoms with Crippen molar-refractivity contribution in [3.8, 4) is 5.75 Å². The van der Waals surface area contributed by atoms with Crippen molar-refractivity contribution in [1.29, 1.82) is 0 Å². The van der Waals surface area contributed by atoms with Gasteiger partial charge in [-0.25, -0.2) is 0 Å². The molecule has 1 N–H and O–H groups in total. The lowest BCUT2D eigenvalue weighted by Crippen LogP contribution is -2.55. The lowest BCUT2D eigenvalue weighted by atomic mass is 10.0. The molecule has 0 aliphatic carbocycles. The van der Waals surface area contributed by atoms with E-state index in [2.05, 4.69) is 35.1 Å². The van der Waals surface area contributed by atoms with Crippen molar-refractivity contribution in [3.05, 3.63) is 99.5 Å². The van der Waals surface area contributed by atoms with E-state index in [1.54, 1.807) is 4.90 Å². The van der Waals surface area contributed by atoms with Crippen LogP contribution in [0.5, 0.6) is 5.75 Å². The van der Waals surface area contributed by atoms with Crippen LogP contribution in [0.3, 0.4) is 0 Å². The zero-order valence-electron chi connectivity index (χ0n) is 23.3. The van der Waals surface area contributed by atoms with Crippen molar-refractivity contribution in [1.82, 2.24) is 10.2 Å². The average molecular weight is 580 g/mol. The van der Waals surface area contributed by atoms with Gasteiger partial charge in [0.05, 0.1) is 4.47 Å². The lowest BCUT2D eigenvalue weighted by Gasteiger charge is -2.34. The van der Waals surface area contributed by atoms with E-state index in [0.717, 1.165) is 21.2 Å². The number of benzene rings is 3. The van der Waals surface area contributed by atoms with Gasteiger partial charge in [-0.3, -0.25) is 9.59 Å². The molecule has 0 aliphatic rings. The third-order valence-corrected chi connectivity index (χ3v) is 6.80. The number of rotatable bonds is 10. The fourth-order valence-corrected chi connectivity index (χ4v) is 4.74. The summed E-state index contributed by atoms with van der Waals surface area (Å²) in [5, 5.41) is 3.09. The number of aryl methyl sites for hydroxylation is 1. The molecule has 0 aliphatic heterocycles. The standard InChI is InChI=1S/C32H39BrN2O3/c1-22(2)26-15-16-29(27(33)19-26)38-21-30(36)35(20-25-14-10-11-23(3)17-25)28(31(37)34-32(4,5)6)18-24-12-8-7-9-13-24/h7-17,19,22,28H,18,20-21H2,1-6H3,(H,34,37). The van der Waals surface area contributed by atoms with E-state index in [1.807, 2.05) is 100 Å². The fourth-order valence-electron chi connectivity index (χ4n) is 4.23. The molecule has 0 fully saturated rings. The second-order valence-corrected chi connectivity index (χ2v) is 11.9. The molecule has 1 unspecified atom stereocenters. The van der Waals surface area contributed by atoms with Crippen LogP contribution >= 0.6 is 15.9 Å². The number of ether oxygens (including phenoxy) is 1. The Balaban J connectivity index is 1.93. The fraction of sp³-hybridized carbons (Fsp3) is 0.375. The zero-order valence-corrected chi connectivity index (χ0v) is 24.8. The molecule has 5 nitrogen and oxygen atoms in total. The summed E-state index contributed by atoms with van der Waals surface area (Å²) >= 11 is 3.58. The van der Waals surface area contributed by atoms with Crippen LogP contribution in [0, 0.1) is 6.92 Å². The number of carbonyl (C=O) groups excluding carboxylic acids is 2. The van der Waals surface area contributed by atoms with Crippen molar-refractivity contribution < 1.29 is 14.3 Å². The number of nitrogens with one attached hydrogen (secondary N) is 1. The Morgan fingerprint density at radius 2 is 1.63 bits per heavy atom. The Hall–Kier alpha value is -3.12. The molecular formula is C32H39BrN2O3. The highest BCUT2D eigenvalue weighted by Crippen LogP contribution is 2.29. The van der Waals surface area contributed by atoms with E-state index in [0.29, 0.717) is 24.6 Å². The van der Waals surface area contributed by atoms with E-state index in [-0.39, 0.29) is 18.4 Å². The third kappa shape index (κ3) is 8.73. The Labute approximate surface area is 235 Å². The normalized spacial score (nSPS) is 12.2. The molecule has 6 heteroatoms. The maximum absolute atomic E-state index is 13.8. The van der Waals surface area contributed by atoms with Gasteiger partial charge >= 0.3 is 0 Å². The number of halogens is 1. The van der Waals surface area contributed by atoms with Crippen molar-refractivity contribution in [2.75, 3.05) is 6.61 Å². The van der Waals surface area contributed by atoms with Crippen molar-refractivity contribution in [2.24, 2.45) is 0 Å². The summed E-state index contributed by atoms with van der Waals surface area (Å²) in [6.45, 7) is 12.2. The first kappa shape index (κ1) is 29.4. The molecule has 3 aromatic carbocycles. The highest BCUT2D eigenvalue weighted by Gasteiger charge is 2.32. The van der Waals surface area contributed by atoms with Gasteiger partial charge in [-0.1, -0.05) is 80.1 Å². The van der Waals surface area contributed by atoms with E-state index in [4.69, 9.17) is 4.74 Å². The third-order valence-electron chi connectivity index (χ3n) is 6.18. The molecule has 3 rings (SSSR count). The largest absolute Gasteiger partial charge is 0.483 e. The quantitative estimate of drug-likeness (QED) is 0.287. The second-order valence-electron chi connectivity index (χ2n) is 11.1. The predicted octanol–water partition coefficient (Wildman–Crippen LogP) is 6.81.